The number of rotatable bonds is 7. The van der Waals surface area contributed by atoms with Gasteiger partial charge in [0, 0.05) is 0 Å². The highest BCUT2D eigenvalue weighted by Gasteiger charge is 2.31. The molecule has 4 aliphatic rings. The molecule has 3 aromatic carbocycles. The largest absolute Gasteiger partial charge is 0.0654 e. The minimum Gasteiger partial charge on any atom is -0.0654 e. The van der Waals surface area contributed by atoms with Gasteiger partial charge in [0.1, 0.15) is 0 Å². The van der Waals surface area contributed by atoms with Crippen LogP contribution in [0, 0.1) is 55.3 Å². The Labute approximate surface area is 316 Å². The molecule has 4 fully saturated rings. The Morgan fingerprint density at radius 2 is 0.804 bits per heavy atom. The molecule has 280 valence electrons. The molecule has 3 aromatic rings. The minimum absolute atomic E-state index is 0.842. The van der Waals surface area contributed by atoms with Gasteiger partial charge in [0.2, 0.25) is 0 Å². The Morgan fingerprint density at radius 1 is 0.431 bits per heavy atom. The summed E-state index contributed by atoms with van der Waals surface area (Å²) >= 11 is 0. The van der Waals surface area contributed by atoms with Gasteiger partial charge in [-0.25, -0.2) is 0 Å². The molecule has 0 radical (unpaired) electrons. The molecule has 0 bridgehead atoms. The van der Waals surface area contributed by atoms with Crippen LogP contribution < -0.4 is 0 Å². The van der Waals surface area contributed by atoms with Gasteiger partial charge >= 0.3 is 0 Å². The quantitative estimate of drug-likeness (QED) is 0.232. The highest BCUT2D eigenvalue weighted by molar-refractivity contribution is 5.63. The van der Waals surface area contributed by atoms with Crippen molar-refractivity contribution in [1.82, 2.24) is 0 Å². The van der Waals surface area contributed by atoms with E-state index in [0.717, 1.165) is 53.8 Å². The van der Waals surface area contributed by atoms with Gasteiger partial charge in [-0.05, 0) is 154 Å². The Morgan fingerprint density at radius 3 is 1.22 bits per heavy atom. The van der Waals surface area contributed by atoms with Gasteiger partial charge in [-0.15, -0.1) is 0 Å². The van der Waals surface area contributed by atoms with Crippen molar-refractivity contribution in [2.24, 2.45) is 41.4 Å². The molecule has 0 aromatic heterocycles. The van der Waals surface area contributed by atoms with E-state index in [-0.39, 0.29) is 0 Å². The Balaban J connectivity index is 0.000000150. The number of benzene rings is 3. The molecule has 0 heterocycles. The highest BCUT2D eigenvalue weighted by atomic mass is 14.4. The van der Waals surface area contributed by atoms with Gasteiger partial charge in [-0.3, -0.25) is 0 Å². The van der Waals surface area contributed by atoms with Crippen LogP contribution in [-0.4, -0.2) is 0 Å². The van der Waals surface area contributed by atoms with Gasteiger partial charge in [-0.2, -0.15) is 0 Å². The predicted octanol–water partition coefficient (Wildman–Crippen LogP) is 15.7. The summed E-state index contributed by atoms with van der Waals surface area (Å²) in [5.74, 6) is 8.27. The lowest BCUT2D eigenvalue weighted by molar-refractivity contribution is 0.147. The lowest BCUT2D eigenvalue weighted by Gasteiger charge is -2.37. The summed E-state index contributed by atoms with van der Waals surface area (Å²) in [6.07, 6.45) is 28.2. The fourth-order valence-electron chi connectivity index (χ4n) is 10.3. The van der Waals surface area contributed by atoms with E-state index in [4.69, 9.17) is 0 Å². The molecule has 0 heteroatoms. The molecule has 0 unspecified atom stereocenters. The van der Waals surface area contributed by atoms with E-state index in [1.54, 1.807) is 44.1 Å². The third-order valence-corrected chi connectivity index (χ3v) is 14.1. The van der Waals surface area contributed by atoms with Crippen molar-refractivity contribution in [2.45, 2.75) is 169 Å². The molecule has 0 N–H and O–H groups in total. The molecule has 0 atom stereocenters. The van der Waals surface area contributed by atoms with E-state index in [1.165, 1.54) is 105 Å². The van der Waals surface area contributed by atoms with Crippen LogP contribution >= 0.6 is 0 Å². The van der Waals surface area contributed by atoms with Gasteiger partial charge in [0.15, 0.2) is 0 Å². The normalized spacial score (nSPS) is 29.5. The van der Waals surface area contributed by atoms with Crippen LogP contribution in [0.3, 0.4) is 0 Å². The SMILES string of the molecule is CCCC1CCC(C2CCC(C)CC2)CC1.CCc1ccc(-c2ccc(C)cc2)cc1.Cc1ccc(C2CCC(C3CCC(C)CC3)CC2)cc1. The zero-order valence-electron chi connectivity index (χ0n) is 34.0. The lowest BCUT2D eigenvalue weighted by Crippen LogP contribution is -2.25. The molecule has 0 aliphatic heterocycles. The van der Waals surface area contributed by atoms with Crippen molar-refractivity contribution in [1.29, 1.82) is 0 Å². The molecule has 0 nitrogen and oxygen atoms in total. The first-order chi connectivity index (χ1) is 24.8. The Bertz CT molecular complexity index is 1330. The van der Waals surface area contributed by atoms with E-state index < -0.39 is 0 Å². The maximum absolute atomic E-state index is 2.44. The molecule has 4 aliphatic carbocycles. The fourth-order valence-corrected chi connectivity index (χ4v) is 10.3. The van der Waals surface area contributed by atoms with Crippen LogP contribution in [0.25, 0.3) is 11.1 Å². The van der Waals surface area contributed by atoms with Crippen LogP contribution in [0.2, 0.25) is 0 Å². The Hall–Kier alpha value is -2.34. The number of hydrogen-bond acceptors (Lipinski definition) is 0. The number of hydrogen-bond donors (Lipinski definition) is 0. The first-order valence-corrected chi connectivity index (χ1v) is 22.0. The van der Waals surface area contributed by atoms with Crippen LogP contribution in [0.4, 0.5) is 0 Å². The van der Waals surface area contributed by atoms with Crippen LogP contribution in [-0.2, 0) is 6.42 Å². The summed E-state index contributed by atoms with van der Waals surface area (Å²) < 4.78 is 0. The summed E-state index contributed by atoms with van der Waals surface area (Å²) in [5, 5.41) is 0. The van der Waals surface area contributed by atoms with Crippen molar-refractivity contribution in [2.75, 3.05) is 0 Å². The molecular weight excluding hydrogens is 613 g/mol. The summed E-state index contributed by atoms with van der Waals surface area (Å²) in [7, 11) is 0. The van der Waals surface area contributed by atoms with Gasteiger partial charge in [-0.1, -0.05) is 163 Å². The van der Waals surface area contributed by atoms with Crippen LogP contribution in [0.5, 0.6) is 0 Å². The topological polar surface area (TPSA) is 0 Å². The molecule has 0 spiro atoms. The molecular formula is C51H76. The molecule has 0 amide bonds. The zero-order chi connectivity index (χ0) is 36.0. The monoisotopic (exact) mass is 689 g/mol. The summed E-state index contributed by atoms with van der Waals surface area (Å²) in [5.41, 5.74) is 8.27. The van der Waals surface area contributed by atoms with Crippen molar-refractivity contribution in [3.63, 3.8) is 0 Å². The van der Waals surface area contributed by atoms with E-state index in [1.807, 2.05) is 0 Å². The summed E-state index contributed by atoms with van der Waals surface area (Å²) in [4.78, 5) is 0. The molecule has 7 rings (SSSR count). The Kier molecular flexibility index (Phi) is 16.2. The van der Waals surface area contributed by atoms with Crippen molar-refractivity contribution < 1.29 is 0 Å². The second-order valence-electron chi connectivity index (χ2n) is 18.0. The van der Waals surface area contributed by atoms with E-state index in [9.17, 15) is 0 Å². The second-order valence-corrected chi connectivity index (χ2v) is 18.0. The maximum Gasteiger partial charge on any atom is -0.0162 e. The molecule has 4 saturated carbocycles. The predicted molar refractivity (Wildman–Crippen MR) is 224 cm³/mol. The van der Waals surface area contributed by atoms with Crippen molar-refractivity contribution >= 4 is 0 Å². The van der Waals surface area contributed by atoms with Crippen molar-refractivity contribution in [3.8, 4) is 11.1 Å². The lowest BCUT2D eigenvalue weighted by atomic mass is 9.68. The van der Waals surface area contributed by atoms with Gasteiger partial charge < -0.3 is 0 Å². The van der Waals surface area contributed by atoms with Gasteiger partial charge in [0.05, 0.1) is 0 Å². The average Bonchev–Trinajstić information content (AvgIpc) is 3.17. The maximum atomic E-state index is 2.44. The second kappa shape index (κ2) is 20.8. The highest BCUT2D eigenvalue weighted by Crippen LogP contribution is 2.44. The fraction of sp³-hybridized carbons (Fsp3) is 0.647. The van der Waals surface area contributed by atoms with Crippen LogP contribution in [0.15, 0.2) is 72.8 Å². The third kappa shape index (κ3) is 12.6. The van der Waals surface area contributed by atoms with E-state index in [0.29, 0.717) is 0 Å². The molecule has 51 heavy (non-hydrogen) atoms. The molecule has 0 saturated heterocycles. The number of aryl methyl sites for hydroxylation is 3. The summed E-state index contributed by atoms with van der Waals surface area (Å²) in [6, 6.07) is 26.8. The zero-order valence-corrected chi connectivity index (χ0v) is 34.0. The average molecular weight is 689 g/mol. The van der Waals surface area contributed by atoms with Crippen molar-refractivity contribution in [3.05, 3.63) is 95.1 Å². The third-order valence-electron chi connectivity index (χ3n) is 14.1. The summed E-state index contributed by atoms with van der Waals surface area (Å²) in [6.45, 7) is 13.7. The first-order valence-electron chi connectivity index (χ1n) is 22.0. The first kappa shape index (κ1) is 39.9. The smallest absolute Gasteiger partial charge is 0.0162 e. The van der Waals surface area contributed by atoms with E-state index >= 15 is 0 Å². The van der Waals surface area contributed by atoms with Gasteiger partial charge in [0.25, 0.3) is 0 Å². The minimum atomic E-state index is 0.842. The standard InChI is InChI=1S/C20H30.C16H30.C15H16/c1-15-3-7-17(8-4-15)19-11-13-20(14-12-19)18-9-5-16(2)6-10-18;1-3-4-14-7-11-16(12-8-14)15-9-5-13(2)6-10-15;1-3-13-6-10-15(11-7-13)14-8-4-12(2)5-9-14/h3-4,7-8,16,18-20H,5-6,9-14H2,1-2H3;13-16H,3-12H2,1-2H3;4-11H,3H2,1-2H3. The van der Waals surface area contributed by atoms with Crippen LogP contribution in [0.1, 0.15) is 171 Å². The van der Waals surface area contributed by atoms with E-state index in [2.05, 4.69) is 114 Å².